The van der Waals surface area contributed by atoms with Crippen LogP contribution in [0, 0.1) is 5.92 Å². The van der Waals surface area contributed by atoms with Gasteiger partial charge in [0.1, 0.15) is 0 Å². The molecule has 1 aliphatic heterocycles. The standard InChI is InChI=1S/C18H24N2S/c1-19-9-12(11-21-3)7-15-14-5-4-6-16-18(14)13(8-17(15)19)10-20(16)2/h4-6,10,12,15,17H,7-9,11H2,1-3H3. The van der Waals surface area contributed by atoms with Crippen molar-refractivity contribution in [2.24, 2.45) is 13.0 Å². The highest BCUT2D eigenvalue weighted by Gasteiger charge is 2.39. The van der Waals surface area contributed by atoms with E-state index >= 15 is 0 Å². The minimum absolute atomic E-state index is 0.698. The van der Waals surface area contributed by atoms with E-state index in [2.05, 4.69) is 54.2 Å². The minimum atomic E-state index is 0.698. The molecule has 0 saturated carbocycles. The summed E-state index contributed by atoms with van der Waals surface area (Å²) in [6.07, 6.45) is 7.18. The minimum Gasteiger partial charge on any atom is -0.350 e. The van der Waals surface area contributed by atoms with Crippen LogP contribution in [-0.2, 0) is 13.5 Å². The van der Waals surface area contributed by atoms with Gasteiger partial charge in [0.05, 0.1) is 0 Å². The Morgan fingerprint density at radius 1 is 1.29 bits per heavy atom. The van der Waals surface area contributed by atoms with Crippen molar-refractivity contribution in [1.82, 2.24) is 9.47 Å². The molecule has 2 heterocycles. The second-order valence-corrected chi connectivity index (χ2v) is 7.79. The number of fused-ring (bicyclic) bond motifs is 2. The van der Waals surface area contributed by atoms with Crippen molar-refractivity contribution in [2.75, 3.05) is 25.6 Å². The van der Waals surface area contributed by atoms with Crippen LogP contribution < -0.4 is 0 Å². The molecule has 0 spiro atoms. The van der Waals surface area contributed by atoms with Gasteiger partial charge in [0.2, 0.25) is 0 Å². The Hall–Kier alpha value is -0.930. The molecule has 2 aliphatic rings. The van der Waals surface area contributed by atoms with Gasteiger partial charge in [-0.05, 0) is 55.0 Å². The van der Waals surface area contributed by atoms with Crippen molar-refractivity contribution in [3.8, 4) is 0 Å². The van der Waals surface area contributed by atoms with Crippen molar-refractivity contribution in [2.45, 2.75) is 24.8 Å². The lowest BCUT2D eigenvalue weighted by Gasteiger charge is -2.45. The van der Waals surface area contributed by atoms with E-state index in [1.54, 1.807) is 16.5 Å². The molecule has 4 rings (SSSR count). The summed E-state index contributed by atoms with van der Waals surface area (Å²) in [5.74, 6) is 2.86. The number of aromatic nitrogens is 1. The fourth-order valence-electron chi connectivity index (χ4n) is 4.69. The quantitative estimate of drug-likeness (QED) is 0.839. The summed E-state index contributed by atoms with van der Waals surface area (Å²) in [5, 5.41) is 1.56. The molecule has 2 nitrogen and oxygen atoms in total. The van der Waals surface area contributed by atoms with Crippen LogP contribution in [0.3, 0.4) is 0 Å². The van der Waals surface area contributed by atoms with Crippen LogP contribution >= 0.6 is 11.8 Å². The summed E-state index contributed by atoms with van der Waals surface area (Å²) < 4.78 is 2.31. The molecular weight excluding hydrogens is 276 g/mol. The normalized spacial score (nSPS) is 28.8. The van der Waals surface area contributed by atoms with E-state index in [1.807, 2.05) is 11.8 Å². The van der Waals surface area contributed by atoms with Gasteiger partial charge in [0.25, 0.3) is 0 Å². The van der Waals surface area contributed by atoms with Crippen molar-refractivity contribution in [3.63, 3.8) is 0 Å². The Morgan fingerprint density at radius 3 is 2.95 bits per heavy atom. The number of likely N-dealkylation sites (N-methyl/N-ethyl adjacent to an activating group) is 1. The molecular formula is C18H24N2S. The van der Waals surface area contributed by atoms with Gasteiger partial charge in [-0.2, -0.15) is 11.8 Å². The molecule has 1 fully saturated rings. The number of benzene rings is 1. The number of likely N-dealkylation sites (tertiary alicyclic amines) is 1. The van der Waals surface area contributed by atoms with Crippen molar-refractivity contribution in [1.29, 1.82) is 0 Å². The average molecular weight is 300 g/mol. The zero-order chi connectivity index (χ0) is 14.6. The number of rotatable bonds is 2. The molecule has 1 aromatic heterocycles. The Balaban J connectivity index is 1.82. The lowest BCUT2D eigenvalue weighted by molar-refractivity contribution is 0.121. The first kappa shape index (κ1) is 13.7. The predicted octanol–water partition coefficient (Wildman–Crippen LogP) is 3.50. The first-order valence-corrected chi connectivity index (χ1v) is 9.34. The Bertz CT molecular complexity index is 675. The highest BCUT2D eigenvalue weighted by atomic mass is 32.2. The molecule has 1 aromatic carbocycles. The van der Waals surface area contributed by atoms with E-state index in [4.69, 9.17) is 0 Å². The zero-order valence-electron chi connectivity index (χ0n) is 13.2. The van der Waals surface area contributed by atoms with Crippen molar-refractivity contribution in [3.05, 3.63) is 35.5 Å². The molecule has 0 amide bonds. The third-order valence-corrected chi connectivity index (χ3v) is 6.32. The van der Waals surface area contributed by atoms with E-state index in [1.165, 1.54) is 30.7 Å². The van der Waals surface area contributed by atoms with E-state index in [9.17, 15) is 0 Å². The lowest BCUT2D eigenvalue weighted by atomic mass is 9.73. The first-order chi connectivity index (χ1) is 10.2. The van der Waals surface area contributed by atoms with Gasteiger partial charge in [0.15, 0.2) is 0 Å². The van der Waals surface area contributed by atoms with Gasteiger partial charge in [-0.15, -0.1) is 0 Å². The molecule has 2 aromatic rings. The molecule has 0 N–H and O–H groups in total. The monoisotopic (exact) mass is 300 g/mol. The Morgan fingerprint density at radius 2 is 2.14 bits per heavy atom. The van der Waals surface area contributed by atoms with Crippen LogP contribution in [0.4, 0.5) is 0 Å². The molecule has 21 heavy (non-hydrogen) atoms. The number of aryl methyl sites for hydroxylation is 1. The predicted molar refractivity (Wildman–Crippen MR) is 92.3 cm³/mol. The molecule has 3 atom stereocenters. The number of nitrogens with zero attached hydrogens (tertiary/aromatic N) is 2. The molecule has 1 saturated heterocycles. The Kier molecular flexibility index (Phi) is 3.31. The summed E-state index contributed by atoms with van der Waals surface area (Å²) >= 11 is 2.00. The molecule has 1 aliphatic carbocycles. The fourth-order valence-corrected chi connectivity index (χ4v) is 5.40. The summed E-state index contributed by atoms with van der Waals surface area (Å²) in [7, 11) is 4.52. The largest absolute Gasteiger partial charge is 0.350 e. The Labute approximate surface area is 131 Å². The number of piperidine rings is 1. The fraction of sp³-hybridized carbons (Fsp3) is 0.556. The first-order valence-electron chi connectivity index (χ1n) is 7.95. The van der Waals surface area contributed by atoms with E-state index < -0.39 is 0 Å². The zero-order valence-corrected chi connectivity index (χ0v) is 14.0. The van der Waals surface area contributed by atoms with Gasteiger partial charge in [0, 0.05) is 42.7 Å². The maximum Gasteiger partial charge on any atom is 0.0483 e. The number of hydrogen-bond acceptors (Lipinski definition) is 2. The van der Waals surface area contributed by atoms with Crippen molar-refractivity contribution < 1.29 is 0 Å². The summed E-state index contributed by atoms with van der Waals surface area (Å²) in [6.45, 7) is 1.26. The highest BCUT2D eigenvalue weighted by Crippen LogP contribution is 2.45. The van der Waals surface area contributed by atoms with Crippen LogP contribution in [0.2, 0.25) is 0 Å². The number of thioether (sulfide) groups is 1. The molecule has 112 valence electrons. The van der Waals surface area contributed by atoms with Crippen LogP contribution in [0.25, 0.3) is 10.9 Å². The third kappa shape index (κ3) is 2.05. The molecule has 0 radical (unpaired) electrons. The van der Waals surface area contributed by atoms with Crippen LogP contribution in [-0.4, -0.2) is 41.1 Å². The maximum absolute atomic E-state index is 2.63. The van der Waals surface area contributed by atoms with Crippen LogP contribution in [0.1, 0.15) is 23.5 Å². The van der Waals surface area contributed by atoms with Gasteiger partial charge >= 0.3 is 0 Å². The van der Waals surface area contributed by atoms with Crippen molar-refractivity contribution >= 4 is 22.7 Å². The van der Waals surface area contributed by atoms with Crippen LogP contribution in [0.5, 0.6) is 0 Å². The van der Waals surface area contributed by atoms with E-state index in [-0.39, 0.29) is 0 Å². The highest BCUT2D eigenvalue weighted by molar-refractivity contribution is 7.98. The summed E-state index contributed by atoms with van der Waals surface area (Å²) in [5.41, 5.74) is 4.58. The molecule has 3 heteroatoms. The van der Waals surface area contributed by atoms with Gasteiger partial charge in [-0.25, -0.2) is 0 Å². The third-order valence-electron chi connectivity index (χ3n) is 5.52. The second kappa shape index (κ2) is 5.06. The SMILES string of the molecule is CSCC1CC2c3cccc4c3c(cn4C)CC2N(C)C1. The van der Waals surface area contributed by atoms with E-state index in [0.29, 0.717) is 6.04 Å². The lowest BCUT2D eigenvalue weighted by Crippen LogP contribution is -2.48. The van der Waals surface area contributed by atoms with Gasteiger partial charge < -0.3 is 9.47 Å². The summed E-state index contributed by atoms with van der Waals surface area (Å²) in [6, 6.07) is 7.61. The number of hydrogen-bond donors (Lipinski definition) is 0. The summed E-state index contributed by atoms with van der Waals surface area (Å²) in [4.78, 5) is 2.63. The average Bonchev–Trinajstić information content (AvgIpc) is 2.79. The molecule has 0 bridgehead atoms. The maximum atomic E-state index is 2.63. The smallest absolute Gasteiger partial charge is 0.0483 e. The second-order valence-electron chi connectivity index (χ2n) is 6.88. The van der Waals surface area contributed by atoms with Gasteiger partial charge in [-0.1, -0.05) is 12.1 Å². The van der Waals surface area contributed by atoms with Crippen LogP contribution in [0.15, 0.2) is 24.4 Å². The van der Waals surface area contributed by atoms with E-state index in [0.717, 1.165) is 11.8 Å². The van der Waals surface area contributed by atoms with Gasteiger partial charge in [-0.3, -0.25) is 0 Å². The molecule has 3 unspecified atom stereocenters. The topological polar surface area (TPSA) is 8.17 Å².